The fourth-order valence-electron chi connectivity index (χ4n) is 0.489. The number of aliphatic hydroxyl groups excluding tert-OH is 1. The molecule has 0 atom stereocenters. The number of nitrogens with two attached hydrogens (primary N) is 1. The van der Waals surface area contributed by atoms with Gasteiger partial charge in [0.2, 0.25) is 5.91 Å². The molecule has 0 bridgehead atoms. The number of ether oxygens (including phenoxy) is 1. The first-order valence-electron chi connectivity index (χ1n) is 3.24. The molecule has 0 fully saturated rings. The van der Waals surface area contributed by atoms with E-state index in [9.17, 15) is 4.79 Å². The molecule has 0 aromatic rings. The van der Waals surface area contributed by atoms with Crippen LogP contribution < -0.4 is 5.73 Å². The van der Waals surface area contributed by atoms with Gasteiger partial charge in [-0.3, -0.25) is 4.79 Å². The van der Waals surface area contributed by atoms with Gasteiger partial charge in [-0.2, -0.15) is 0 Å². The molecule has 0 aromatic carbocycles. The van der Waals surface area contributed by atoms with Crippen LogP contribution in [0, 0.1) is 0 Å². The minimum absolute atomic E-state index is 0.0224. The van der Waals surface area contributed by atoms with Crippen molar-refractivity contribution in [1.82, 2.24) is 0 Å². The summed E-state index contributed by atoms with van der Waals surface area (Å²) in [4.78, 5) is 10.1. The number of hydrogen-bond acceptors (Lipinski definition) is 3. The molecule has 0 heterocycles. The zero-order chi connectivity index (χ0) is 7.82. The standard InChI is InChI=1S/C6H13NO3/c7-6(9)5-10-4-2-1-3-8/h8H,1-5H2,(H2,7,9). The van der Waals surface area contributed by atoms with Crippen LogP contribution >= 0.6 is 0 Å². The first kappa shape index (κ1) is 9.39. The van der Waals surface area contributed by atoms with E-state index in [2.05, 4.69) is 0 Å². The number of carbonyl (C=O) groups is 1. The lowest BCUT2D eigenvalue weighted by Crippen LogP contribution is -2.18. The molecule has 0 rings (SSSR count). The van der Waals surface area contributed by atoms with E-state index < -0.39 is 5.91 Å². The van der Waals surface area contributed by atoms with Crippen molar-refractivity contribution < 1.29 is 14.6 Å². The van der Waals surface area contributed by atoms with Gasteiger partial charge in [-0.25, -0.2) is 0 Å². The van der Waals surface area contributed by atoms with E-state index in [0.29, 0.717) is 13.0 Å². The van der Waals surface area contributed by atoms with Crippen LogP contribution in [0.5, 0.6) is 0 Å². The summed E-state index contributed by atoms with van der Waals surface area (Å²) in [5.41, 5.74) is 4.79. The normalized spacial score (nSPS) is 9.70. The van der Waals surface area contributed by atoms with Crippen molar-refractivity contribution >= 4 is 5.91 Å². The van der Waals surface area contributed by atoms with Gasteiger partial charge in [0.15, 0.2) is 0 Å². The fourth-order valence-corrected chi connectivity index (χ4v) is 0.489. The van der Waals surface area contributed by atoms with Crippen LogP contribution in [0.15, 0.2) is 0 Å². The summed E-state index contributed by atoms with van der Waals surface area (Å²) < 4.78 is 4.81. The Hall–Kier alpha value is -0.610. The summed E-state index contributed by atoms with van der Waals surface area (Å²) in [6.07, 6.45) is 1.47. The summed E-state index contributed by atoms with van der Waals surface area (Å²) in [6.45, 7) is 0.634. The molecule has 0 aliphatic carbocycles. The lowest BCUT2D eigenvalue weighted by molar-refractivity contribution is -0.122. The molecule has 0 radical (unpaired) electrons. The molecular weight excluding hydrogens is 134 g/mol. The number of aliphatic hydroxyl groups is 1. The average molecular weight is 147 g/mol. The third-order valence-corrected chi connectivity index (χ3v) is 0.941. The molecule has 0 saturated heterocycles. The highest BCUT2D eigenvalue weighted by Gasteiger charge is 1.92. The van der Waals surface area contributed by atoms with Gasteiger partial charge in [0.1, 0.15) is 6.61 Å². The van der Waals surface area contributed by atoms with Crippen LogP contribution in [0.25, 0.3) is 0 Å². The molecular formula is C6H13NO3. The molecule has 0 saturated carbocycles. The predicted molar refractivity (Wildman–Crippen MR) is 36.3 cm³/mol. The Morgan fingerprint density at radius 3 is 2.70 bits per heavy atom. The second-order valence-electron chi connectivity index (χ2n) is 1.95. The van der Waals surface area contributed by atoms with E-state index in [1.54, 1.807) is 0 Å². The van der Waals surface area contributed by atoms with Crippen LogP contribution in [-0.2, 0) is 9.53 Å². The molecule has 0 unspecified atom stereocenters. The third kappa shape index (κ3) is 7.39. The van der Waals surface area contributed by atoms with E-state index in [1.807, 2.05) is 0 Å². The van der Waals surface area contributed by atoms with Crippen molar-refractivity contribution in [2.24, 2.45) is 5.73 Å². The summed E-state index contributed by atoms with van der Waals surface area (Å²) in [5.74, 6) is -0.455. The fraction of sp³-hybridized carbons (Fsp3) is 0.833. The number of primary amides is 1. The number of unbranched alkanes of at least 4 members (excludes halogenated alkanes) is 1. The number of amides is 1. The zero-order valence-electron chi connectivity index (χ0n) is 5.88. The van der Waals surface area contributed by atoms with Crippen molar-refractivity contribution in [3.63, 3.8) is 0 Å². The first-order valence-corrected chi connectivity index (χ1v) is 3.24. The highest BCUT2D eigenvalue weighted by Crippen LogP contribution is 1.87. The molecule has 0 spiro atoms. The molecule has 10 heavy (non-hydrogen) atoms. The number of hydrogen-bond donors (Lipinski definition) is 2. The van der Waals surface area contributed by atoms with Crippen LogP contribution in [0.1, 0.15) is 12.8 Å². The zero-order valence-corrected chi connectivity index (χ0v) is 5.88. The lowest BCUT2D eigenvalue weighted by atomic mass is 10.3. The molecule has 4 nitrogen and oxygen atoms in total. The number of rotatable bonds is 6. The second-order valence-corrected chi connectivity index (χ2v) is 1.95. The second kappa shape index (κ2) is 6.51. The van der Waals surface area contributed by atoms with Gasteiger partial charge in [0.05, 0.1) is 0 Å². The Bertz CT molecular complexity index is 95.0. The van der Waals surface area contributed by atoms with Gasteiger partial charge < -0.3 is 15.6 Å². The maximum absolute atomic E-state index is 10.1. The molecule has 4 heteroatoms. The van der Waals surface area contributed by atoms with Gasteiger partial charge >= 0.3 is 0 Å². The van der Waals surface area contributed by atoms with Gasteiger partial charge in [0, 0.05) is 13.2 Å². The molecule has 0 aliphatic rings. The summed E-state index contributed by atoms with van der Waals surface area (Å²) in [7, 11) is 0. The maximum atomic E-state index is 10.1. The van der Waals surface area contributed by atoms with Crippen molar-refractivity contribution in [2.75, 3.05) is 19.8 Å². The largest absolute Gasteiger partial charge is 0.396 e. The van der Waals surface area contributed by atoms with Crippen molar-refractivity contribution in [3.8, 4) is 0 Å². The van der Waals surface area contributed by atoms with E-state index >= 15 is 0 Å². The van der Waals surface area contributed by atoms with E-state index in [0.717, 1.165) is 6.42 Å². The monoisotopic (exact) mass is 147 g/mol. The lowest BCUT2D eigenvalue weighted by Gasteiger charge is -1.98. The minimum Gasteiger partial charge on any atom is -0.396 e. The predicted octanol–water partition coefficient (Wildman–Crippen LogP) is -0.739. The summed E-state index contributed by atoms with van der Waals surface area (Å²) in [6, 6.07) is 0. The maximum Gasteiger partial charge on any atom is 0.243 e. The average Bonchev–Trinajstić information content (AvgIpc) is 1.87. The number of carbonyl (C=O) groups excluding carboxylic acids is 1. The van der Waals surface area contributed by atoms with Crippen molar-refractivity contribution in [1.29, 1.82) is 0 Å². The smallest absolute Gasteiger partial charge is 0.243 e. The molecule has 0 aromatic heterocycles. The SMILES string of the molecule is NC(=O)COCCCCO. The Labute approximate surface area is 60.0 Å². The molecule has 0 aliphatic heterocycles. The van der Waals surface area contributed by atoms with Crippen LogP contribution in [0.4, 0.5) is 0 Å². The third-order valence-electron chi connectivity index (χ3n) is 0.941. The highest BCUT2D eigenvalue weighted by atomic mass is 16.5. The molecule has 3 N–H and O–H groups in total. The Morgan fingerprint density at radius 1 is 1.50 bits per heavy atom. The molecule has 1 amide bonds. The van der Waals surface area contributed by atoms with Gasteiger partial charge in [-0.15, -0.1) is 0 Å². The van der Waals surface area contributed by atoms with Crippen LogP contribution in [0.3, 0.4) is 0 Å². The Kier molecular flexibility index (Phi) is 6.11. The van der Waals surface area contributed by atoms with E-state index in [-0.39, 0.29) is 13.2 Å². The van der Waals surface area contributed by atoms with Crippen molar-refractivity contribution in [3.05, 3.63) is 0 Å². The first-order chi connectivity index (χ1) is 4.77. The van der Waals surface area contributed by atoms with Gasteiger partial charge in [-0.1, -0.05) is 0 Å². The van der Waals surface area contributed by atoms with Crippen LogP contribution in [-0.4, -0.2) is 30.8 Å². The Morgan fingerprint density at radius 2 is 2.20 bits per heavy atom. The quantitative estimate of drug-likeness (QED) is 0.486. The van der Waals surface area contributed by atoms with Gasteiger partial charge in [0.25, 0.3) is 0 Å². The van der Waals surface area contributed by atoms with Gasteiger partial charge in [-0.05, 0) is 12.8 Å². The minimum atomic E-state index is -0.455. The topological polar surface area (TPSA) is 72.6 Å². The van der Waals surface area contributed by atoms with Crippen molar-refractivity contribution in [2.45, 2.75) is 12.8 Å². The van der Waals surface area contributed by atoms with Crippen LogP contribution in [0.2, 0.25) is 0 Å². The highest BCUT2D eigenvalue weighted by molar-refractivity contribution is 5.74. The van der Waals surface area contributed by atoms with E-state index in [1.165, 1.54) is 0 Å². The van der Waals surface area contributed by atoms with E-state index in [4.69, 9.17) is 15.6 Å². The molecule has 60 valence electrons. The Balaban J connectivity index is 2.84. The summed E-state index contributed by atoms with van der Waals surface area (Å²) >= 11 is 0. The summed E-state index contributed by atoms with van der Waals surface area (Å²) in [5, 5.41) is 8.33.